The smallest absolute Gasteiger partial charge is 0.238 e. The van der Waals surface area contributed by atoms with Crippen molar-refractivity contribution in [3.8, 4) is 28.6 Å². The van der Waals surface area contributed by atoms with E-state index in [4.69, 9.17) is 9.15 Å². The summed E-state index contributed by atoms with van der Waals surface area (Å²) in [7, 11) is 0. The van der Waals surface area contributed by atoms with Gasteiger partial charge in [0.1, 0.15) is 29.1 Å². The van der Waals surface area contributed by atoms with Crippen LogP contribution in [0.4, 0.5) is 0 Å². The Morgan fingerprint density at radius 3 is 2.71 bits per heavy atom. The van der Waals surface area contributed by atoms with Gasteiger partial charge in [0.15, 0.2) is 5.76 Å². The molecule has 0 saturated carbocycles. The predicted molar refractivity (Wildman–Crippen MR) is 86.7 cm³/mol. The summed E-state index contributed by atoms with van der Waals surface area (Å²) in [6.07, 6.45) is 3.34. The molecule has 1 aliphatic rings. The first kappa shape index (κ1) is 14.2. The van der Waals surface area contributed by atoms with E-state index in [1.54, 1.807) is 24.5 Å². The number of benzene rings is 2. The van der Waals surface area contributed by atoms with E-state index in [1.807, 2.05) is 6.07 Å². The first-order valence-electron chi connectivity index (χ1n) is 7.18. The fourth-order valence-corrected chi connectivity index (χ4v) is 2.75. The molecule has 0 atom stereocenters. The fourth-order valence-electron chi connectivity index (χ4n) is 2.75. The minimum absolute atomic E-state index is 0.0121. The van der Waals surface area contributed by atoms with Gasteiger partial charge in [0.05, 0.1) is 6.26 Å². The van der Waals surface area contributed by atoms with Gasteiger partial charge in [-0.05, 0) is 23.3 Å². The molecule has 0 aliphatic carbocycles. The Morgan fingerprint density at radius 1 is 1.04 bits per heavy atom. The summed E-state index contributed by atoms with van der Waals surface area (Å²) in [5.41, 5.74) is 1.58. The standard InChI is InChI=1S/C18H12O6/c19-12-6-13(20)15-14(7-12)24-18(17(22)16(15)21)10-1-2-11-8-23-4-3-9(11)5-10/h1-7,19-20,22H,8H2. The summed E-state index contributed by atoms with van der Waals surface area (Å²) in [6.45, 7) is 0.446. The molecule has 6 heteroatoms. The van der Waals surface area contributed by atoms with E-state index in [1.165, 1.54) is 6.07 Å². The zero-order chi connectivity index (χ0) is 16.8. The predicted octanol–water partition coefficient (Wildman–Crippen LogP) is 3.08. The molecular formula is C18H12O6. The van der Waals surface area contributed by atoms with E-state index in [2.05, 4.69) is 0 Å². The van der Waals surface area contributed by atoms with Gasteiger partial charge in [0, 0.05) is 17.7 Å². The lowest BCUT2D eigenvalue weighted by Crippen LogP contribution is -2.03. The van der Waals surface area contributed by atoms with Crippen LogP contribution in [0.2, 0.25) is 0 Å². The van der Waals surface area contributed by atoms with Crippen molar-refractivity contribution in [3.05, 3.63) is 57.9 Å². The van der Waals surface area contributed by atoms with Crippen LogP contribution in [0.5, 0.6) is 17.2 Å². The van der Waals surface area contributed by atoms with Crippen LogP contribution in [0.15, 0.2) is 45.8 Å². The number of hydrogen-bond donors (Lipinski definition) is 3. The topological polar surface area (TPSA) is 100 Å². The van der Waals surface area contributed by atoms with Gasteiger partial charge in [-0.2, -0.15) is 0 Å². The van der Waals surface area contributed by atoms with Gasteiger partial charge in [0.2, 0.25) is 11.2 Å². The van der Waals surface area contributed by atoms with Crippen molar-refractivity contribution in [2.24, 2.45) is 0 Å². The molecule has 0 bridgehead atoms. The number of aromatic hydroxyl groups is 3. The van der Waals surface area contributed by atoms with Crippen molar-refractivity contribution < 1.29 is 24.5 Å². The average molecular weight is 324 g/mol. The Morgan fingerprint density at radius 2 is 1.88 bits per heavy atom. The van der Waals surface area contributed by atoms with Crippen LogP contribution in [0.25, 0.3) is 28.4 Å². The maximum Gasteiger partial charge on any atom is 0.238 e. The third-order valence-corrected chi connectivity index (χ3v) is 3.93. The lowest BCUT2D eigenvalue weighted by atomic mass is 10.0. The van der Waals surface area contributed by atoms with E-state index in [-0.39, 0.29) is 22.5 Å². The third kappa shape index (κ3) is 2.08. The second-order valence-corrected chi connectivity index (χ2v) is 5.47. The number of rotatable bonds is 1. The van der Waals surface area contributed by atoms with Crippen LogP contribution in [-0.2, 0) is 11.3 Å². The van der Waals surface area contributed by atoms with Crippen LogP contribution < -0.4 is 5.43 Å². The van der Waals surface area contributed by atoms with Crippen LogP contribution in [0, 0.1) is 0 Å². The van der Waals surface area contributed by atoms with Gasteiger partial charge in [0.25, 0.3) is 0 Å². The Hall–Kier alpha value is -3.41. The molecule has 0 unspecified atom stereocenters. The number of phenols is 2. The summed E-state index contributed by atoms with van der Waals surface area (Å²) in [5.74, 6) is -1.32. The summed E-state index contributed by atoms with van der Waals surface area (Å²) < 4.78 is 10.8. The molecule has 2 heterocycles. The van der Waals surface area contributed by atoms with E-state index in [9.17, 15) is 20.1 Å². The summed E-state index contributed by atoms with van der Waals surface area (Å²) >= 11 is 0. The highest BCUT2D eigenvalue weighted by molar-refractivity contribution is 5.88. The largest absolute Gasteiger partial charge is 0.508 e. The molecule has 2 aromatic carbocycles. The Kier molecular flexibility index (Phi) is 2.99. The minimum atomic E-state index is -0.764. The van der Waals surface area contributed by atoms with Gasteiger partial charge in [-0.1, -0.05) is 12.1 Å². The van der Waals surface area contributed by atoms with Crippen LogP contribution >= 0.6 is 0 Å². The zero-order valence-electron chi connectivity index (χ0n) is 12.3. The zero-order valence-corrected chi connectivity index (χ0v) is 12.3. The molecule has 24 heavy (non-hydrogen) atoms. The number of phenolic OH excluding ortho intramolecular Hbond substituents is 2. The maximum absolute atomic E-state index is 12.4. The highest BCUT2D eigenvalue weighted by Crippen LogP contribution is 2.36. The molecule has 0 fully saturated rings. The lowest BCUT2D eigenvalue weighted by molar-refractivity contribution is 0.234. The summed E-state index contributed by atoms with van der Waals surface area (Å²) in [6, 6.07) is 7.51. The summed E-state index contributed by atoms with van der Waals surface area (Å²) in [5, 5.41) is 29.4. The van der Waals surface area contributed by atoms with Crippen LogP contribution in [0.1, 0.15) is 11.1 Å². The number of hydrogen-bond acceptors (Lipinski definition) is 6. The highest BCUT2D eigenvalue weighted by atomic mass is 16.5. The molecule has 120 valence electrons. The first-order chi connectivity index (χ1) is 11.5. The van der Waals surface area contributed by atoms with Crippen molar-refractivity contribution in [1.29, 1.82) is 0 Å². The molecule has 0 saturated heterocycles. The van der Waals surface area contributed by atoms with E-state index < -0.39 is 16.9 Å². The van der Waals surface area contributed by atoms with Gasteiger partial charge >= 0.3 is 0 Å². The maximum atomic E-state index is 12.4. The fraction of sp³-hybridized carbons (Fsp3) is 0.0556. The van der Waals surface area contributed by atoms with E-state index >= 15 is 0 Å². The van der Waals surface area contributed by atoms with Gasteiger partial charge < -0.3 is 24.5 Å². The van der Waals surface area contributed by atoms with Gasteiger partial charge in [-0.3, -0.25) is 4.79 Å². The molecule has 4 rings (SSSR count). The molecule has 0 spiro atoms. The van der Waals surface area contributed by atoms with E-state index in [0.29, 0.717) is 12.2 Å². The molecule has 1 aliphatic heterocycles. The van der Waals surface area contributed by atoms with Gasteiger partial charge in [-0.15, -0.1) is 0 Å². The molecule has 1 aromatic heterocycles. The molecule has 6 nitrogen and oxygen atoms in total. The highest BCUT2D eigenvalue weighted by Gasteiger charge is 2.19. The molecule has 0 amide bonds. The molecule has 3 aromatic rings. The van der Waals surface area contributed by atoms with Crippen molar-refractivity contribution >= 4 is 17.0 Å². The van der Waals surface area contributed by atoms with Crippen LogP contribution in [0.3, 0.4) is 0 Å². The Labute approximate surface area is 135 Å². The SMILES string of the molecule is O=c1c(O)c(-c2ccc3c(c2)C=COC3)oc2cc(O)cc(O)c12. The quantitative estimate of drug-likeness (QED) is 0.636. The number of ether oxygens (including phenoxy) is 1. The number of fused-ring (bicyclic) bond motifs is 2. The van der Waals surface area contributed by atoms with Gasteiger partial charge in [-0.25, -0.2) is 0 Å². The average Bonchev–Trinajstić information content (AvgIpc) is 2.57. The third-order valence-electron chi connectivity index (χ3n) is 3.93. The second-order valence-electron chi connectivity index (χ2n) is 5.47. The second kappa shape index (κ2) is 5.06. The van der Waals surface area contributed by atoms with Crippen molar-refractivity contribution in [1.82, 2.24) is 0 Å². The van der Waals surface area contributed by atoms with Crippen molar-refractivity contribution in [3.63, 3.8) is 0 Å². The van der Waals surface area contributed by atoms with Crippen molar-refractivity contribution in [2.75, 3.05) is 0 Å². The Bertz CT molecular complexity index is 1060. The normalized spacial score (nSPS) is 12.8. The summed E-state index contributed by atoms with van der Waals surface area (Å²) in [4.78, 5) is 12.4. The minimum Gasteiger partial charge on any atom is -0.508 e. The van der Waals surface area contributed by atoms with E-state index in [0.717, 1.165) is 17.2 Å². The molecule has 3 N–H and O–H groups in total. The molecular weight excluding hydrogens is 312 g/mol. The monoisotopic (exact) mass is 324 g/mol. The lowest BCUT2D eigenvalue weighted by Gasteiger charge is -2.13. The van der Waals surface area contributed by atoms with Crippen molar-refractivity contribution in [2.45, 2.75) is 6.61 Å². The first-order valence-corrected chi connectivity index (χ1v) is 7.18. The Balaban J connectivity index is 2.00. The molecule has 0 radical (unpaired) electrons. The van der Waals surface area contributed by atoms with Crippen LogP contribution in [-0.4, -0.2) is 15.3 Å².